The smallest absolute Gasteiger partial charge is 0.325 e. The molecule has 0 fully saturated rings. The Hall–Kier alpha value is -4.01. The SMILES string of the molecule is CCn1ncc2ccc(Oc3nc(O)c4ccnc(-c5cn(C)cn5)c4n3)cc21. The van der Waals surface area contributed by atoms with Gasteiger partial charge >= 0.3 is 6.01 Å². The maximum atomic E-state index is 10.4. The van der Waals surface area contributed by atoms with Crippen molar-refractivity contribution in [3.8, 4) is 29.0 Å². The van der Waals surface area contributed by atoms with Gasteiger partial charge in [0.1, 0.15) is 22.7 Å². The van der Waals surface area contributed by atoms with E-state index in [2.05, 4.69) is 25.0 Å². The minimum absolute atomic E-state index is 0.0297. The lowest BCUT2D eigenvalue weighted by atomic mass is 10.2. The van der Waals surface area contributed by atoms with Gasteiger partial charge < -0.3 is 14.4 Å². The van der Waals surface area contributed by atoms with Gasteiger partial charge in [0.15, 0.2) is 0 Å². The maximum absolute atomic E-state index is 10.4. The molecule has 1 aromatic carbocycles. The number of hydrogen-bond acceptors (Lipinski definition) is 7. The van der Waals surface area contributed by atoms with E-state index in [9.17, 15) is 5.11 Å². The molecule has 0 saturated carbocycles. The van der Waals surface area contributed by atoms with Crippen molar-refractivity contribution in [2.75, 3.05) is 0 Å². The van der Waals surface area contributed by atoms with Crippen LogP contribution in [0.25, 0.3) is 33.2 Å². The van der Waals surface area contributed by atoms with E-state index in [1.165, 1.54) is 0 Å². The van der Waals surface area contributed by atoms with E-state index in [-0.39, 0.29) is 11.9 Å². The molecule has 0 aliphatic carbocycles. The predicted octanol–water partition coefficient (Wildman–Crippen LogP) is 3.29. The van der Waals surface area contributed by atoms with Gasteiger partial charge in [-0.3, -0.25) is 9.67 Å². The molecule has 4 aromatic heterocycles. The van der Waals surface area contributed by atoms with E-state index in [1.54, 1.807) is 18.6 Å². The monoisotopic (exact) mass is 387 g/mol. The van der Waals surface area contributed by atoms with Gasteiger partial charge in [0.2, 0.25) is 5.88 Å². The second-order valence-electron chi connectivity index (χ2n) is 6.59. The van der Waals surface area contributed by atoms with E-state index in [1.807, 2.05) is 53.8 Å². The Balaban J connectivity index is 1.60. The number of fused-ring (bicyclic) bond motifs is 2. The average Bonchev–Trinajstić information content (AvgIpc) is 3.33. The van der Waals surface area contributed by atoms with Crippen LogP contribution in [0.5, 0.6) is 17.6 Å². The number of pyridine rings is 1. The van der Waals surface area contributed by atoms with Crippen LogP contribution in [0.1, 0.15) is 6.92 Å². The molecule has 0 unspecified atom stereocenters. The number of aromatic nitrogens is 7. The van der Waals surface area contributed by atoms with Crippen LogP contribution in [0.15, 0.2) is 49.2 Å². The van der Waals surface area contributed by atoms with Crippen LogP contribution in [-0.4, -0.2) is 39.4 Å². The molecule has 1 N–H and O–H groups in total. The summed E-state index contributed by atoms with van der Waals surface area (Å²) in [5, 5.41) is 16.3. The van der Waals surface area contributed by atoms with E-state index >= 15 is 0 Å². The predicted molar refractivity (Wildman–Crippen MR) is 107 cm³/mol. The molecule has 0 bridgehead atoms. The van der Waals surface area contributed by atoms with Gasteiger partial charge in [-0.2, -0.15) is 15.1 Å². The van der Waals surface area contributed by atoms with Crippen molar-refractivity contribution in [2.24, 2.45) is 7.05 Å². The lowest BCUT2D eigenvalue weighted by molar-refractivity contribution is 0.412. The van der Waals surface area contributed by atoms with Gasteiger partial charge in [0, 0.05) is 37.4 Å². The summed E-state index contributed by atoms with van der Waals surface area (Å²) < 4.78 is 9.56. The molecule has 0 aliphatic heterocycles. The summed E-state index contributed by atoms with van der Waals surface area (Å²) >= 11 is 0. The number of hydrogen-bond donors (Lipinski definition) is 1. The standard InChI is InChI=1S/C20H17N7O2/c1-3-27-16-8-13(5-4-12(16)9-23-27)29-20-24-17-14(19(28)25-20)6-7-21-18(17)15-10-26(2)11-22-15/h4-11H,3H2,1-2H3,(H,24,25,28). The fraction of sp³-hybridized carbons (Fsp3) is 0.150. The molecule has 5 rings (SSSR count). The first-order valence-electron chi connectivity index (χ1n) is 9.10. The van der Waals surface area contributed by atoms with E-state index < -0.39 is 0 Å². The Morgan fingerprint density at radius 1 is 1.14 bits per heavy atom. The molecule has 0 aliphatic rings. The molecular formula is C20H17N7O2. The average molecular weight is 387 g/mol. The minimum atomic E-state index is -0.177. The summed E-state index contributed by atoms with van der Waals surface area (Å²) in [4.78, 5) is 17.3. The molecular weight excluding hydrogens is 370 g/mol. The van der Waals surface area contributed by atoms with Crippen LogP contribution in [0.4, 0.5) is 0 Å². The Labute approximate surface area is 165 Å². The highest BCUT2D eigenvalue weighted by atomic mass is 16.5. The Bertz CT molecular complexity index is 1360. The minimum Gasteiger partial charge on any atom is -0.493 e. The number of aryl methyl sites for hydroxylation is 2. The molecule has 0 spiro atoms. The van der Waals surface area contributed by atoms with Crippen LogP contribution in [0.3, 0.4) is 0 Å². The van der Waals surface area contributed by atoms with Crippen LogP contribution >= 0.6 is 0 Å². The van der Waals surface area contributed by atoms with Crippen molar-refractivity contribution in [1.29, 1.82) is 0 Å². The molecule has 0 radical (unpaired) electrons. The second-order valence-corrected chi connectivity index (χ2v) is 6.59. The summed E-state index contributed by atoms with van der Waals surface area (Å²) in [6.45, 7) is 2.77. The molecule has 29 heavy (non-hydrogen) atoms. The van der Waals surface area contributed by atoms with Crippen molar-refractivity contribution in [2.45, 2.75) is 13.5 Å². The van der Waals surface area contributed by atoms with Crippen molar-refractivity contribution in [1.82, 2.24) is 34.3 Å². The first kappa shape index (κ1) is 17.1. The number of imidazole rings is 1. The fourth-order valence-electron chi connectivity index (χ4n) is 3.26. The van der Waals surface area contributed by atoms with Crippen molar-refractivity contribution in [3.05, 3.63) is 49.2 Å². The number of ether oxygens (including phenoxy) is 1. The zero-order chi connectivity index (χ0) is 20.0. The highest BCUT2D eigenvalue weighted by Crippen LogP contribution is 2.31. The van der Waals surface area contributed by atoms with Gasteiger partial charge in [-0.1, -0.05) is 0 Å². The summed E-state index contributed by atoms with van der Waals surface area (Å²) in [6.07, 6.45) is 6.92. The Morgan fingerprint density at radius 2 is 2.03 bits per heavy atom. The zero-order valence-electron chi connectivity index (χ0n) is 15.8. The molecule has 9 heteroatoms. The number of benzene rings is 1. The van der Waals surface area contributed by atoms with Crippen LogP contribution < -0.4 is 4.74 Å². The van der Waals surface area contributed by atoms with E-state index in [0.29, 0.717) is 28.0 Å². The van der Waals surface area contributed by atoms with Gasteiger partial charge in [0.25, 0.3) is 0 Å². The Morgan fingerprint density at radius 3 is 2.83 bits per heavy atom. The number of rotatable bonds is 4. The van der Waals surface area contributed by atoms with Crippen LogP contribution in [0.2, 0.25) is 0 Å². The highest BCUT2D eigenvalue weighted by Gasteiger charge is 2.16. The van der Waals surface area contributed by atoms with E-state index in [4.69, 9.17) is 4.74 Å². The van der Waals surface area contributed by atoms with Crippen LogP contribution in [0, 0.1) is 0 Å². The third-order valence-electron chi connectivity index (χ3n) is 4.65. The summed E-state index contributed by atoms with van der Waals surface area (Å²) in [6, 6.07) is 7.30. The molecule has 9 nitrogen and oxygen atoms in total. The first-order chi connectivity index (χ1) is 14.1. The second kappa shape index (κ2) is 6.55. The topological polar surface area (TPSA) is 104 Å². The largest absolute Gasteiger partial charge is 0.493 e. The molecule has 0 atom stereocenters. The quantitative estimate of drug-likeness (QED) is 0.504. The zero-order valence-corrected chi connectivity index (χ0v) is 15.8. The number of aromatic hydroxyl groups is 1. The first-order valence-corrected chi connectivity index (χ1v) is 9.10. The van der Waals surface area contributed by atoms with E-state index in [0.717, 1.165) is 17.4 Å². The normalized spacial score (nSPS) is 11.4. The molecule has 4 heterocycles. The van der Waals surface area contributed by atoms with Crippen molar-refractivity contribution < 1.29 is 9.84 Å². The maximum Gasteiger partial charge on any atom is 0.325 e. The van der Waals surface area contributed by atoms with Gasteiger partial charge in [-0.05, 0) is 25.1 Å². The molecule has 5 aromatic rings. The lowest BCUT2D eigenvalue weighted by Gasteiger charge is -2.08. The molecule has 0 amide bonds. The third-order valence-corrected chi connectivity index (χ3v) is 4.65. The summed E-state index contributed by atoms with van der Waals surface area (Å²) in [7, 11) is 1.87. The molecule has 144 valence electrons. The van der Waals surface area contributed by atoms with Gasteiger partial charge in [-0.25, -0.2) is 4.98 Å². The summed E-state index contributed by atoms with van der Waals surface area (Å²) in [5.74, 6) is 0.374. The van der Waals surface area contributed by atoms with Crippen molar-refractivity contribution in [3.63, 3.8) is 0 Å². The lowest BCUT2D eigenvalue weighted by Crippen LogP contribution is -1.97. The summed E-state index contributed by atoms with van der Waals surface area (Å²) in [5.41, 5.74) is 2.61. The van der Waals surface area contributed by atoms with Crippen LogP contribution in [-0.2, 0) is 13.6 Å². The Kier molecular flexibility index (Phi) is 3.87. The van der Waals surface area contributed by atoms with Crippen molar-refractivity contribution >= 4 is 21.8 Å². The number of nitrogens with zero attached hydrogens (tertiary/aromatic N) is 7. The van der Waals surface area contributed by atoms with Gasteiger partial charge in [-0.15, -0.1) is 0 Å². The third kappa shape index (κ3) is 2.92. The van der Waals surface area contributed by atoms with Gasteiger partial charge in [0.05, 0.1) is 23.4 Å². The highest BCUT2D eigenvalue weighted by molar-refractivity contribution is 5.93. The fourth-order valence-corrected chi connectivity index (χ4v) is 3.26. The molecule has 0 saturated heterocycles.